The van der Waals surface area contributed by atoms with Crippen molar-refractivity contribution in [2.24, 2.45) is 0 Å². The molecule has 2 heteroatoms. The number of benzene rings is 6. The van der Waals surface area contributed by atoms with Crippen LogP contribution in [0.4, 0.5) is 0 Å². The summed E-state index contributed by atoms with van der Waals surface area (Å²) in [5, 5.41) is 3.91. The van der Waals surface area contributed by atoms with Crippen LogP contribution in [0, 0.1) is 0 Å². The molecule has 0 spiro atoms. The molecule has 53 heavy (non-hydrogen) atoms. The summed E-state index contributed by atoms with van der Waals surface area (Å²) in [6.45, 7) is 21.1. The molecule has 0 aliphatic carbocycles. The van der Waals surface area contributed by atoms with Crippen LogP contribution in [0.5, 0.6) is 0 Å². The Morgan fingerprint density at radius 2 is 0.585 bits per heavy atom. The highest BCUT2D eigenvalue weighted by molar-refractivity contribution is 7.40. The lowest BCUT2D eigenvalue weighted by Gasteiger charge is -2.38. The Hall–Kier alpha value is -4.17. The minimum Gasteiger partial charge on any atom is -0.149 e. The van der Waals surface area contributed by atoms with Crippen LogP contribution in [0.3, 0.4) is 0 Å². The number of rotatable bonds is 9. The second-order valence-electron chi connectivity index (χ2n) is 17.9. The van der Waals surface area contributed by atoms with Crippen LogP contribution in [-0.2, 0) is 35.5 Å². The van der Waals surface area contributed by atoms with Crippen LogP contribution in [0.2, 0.25) is 0 Å². The second kappa shape index (κ2) is 15.3. The molecule has 6 aromatic carbocycles. The molecular weight excluding hydrogens is 676 g/mol. The second-order valence-corrected chi connectivity index (χ2v) is 22.5. The van der Waals surface area contributed by atoms with Crippen molar-refractivity contribution in [3.05, 3.63) is 196 Å². The van der Waals surface area contributed by atoms with Gasteiger partial charge in [-0.3, -0.25) is 0 Å². The van der Waals surface area contributed by atoms with Gasteiger partial charge in [0.15, 0.2) is 0 Å². The molecule has 0 N–H and O–H groups in total. The van der Waals surface area contributed by atoms with E-state index in [0.717, 1.165) is 19.3 Å². The summed E-state index contributed by atoms with van der Waals surface area (Å²) in [6.07, 6.45) is 2.47. The molecule has 0 aliphatic rings. The van der Waals surface area contributed by atoms with Crippen LogP contribution < -0.4 is 15.6 Å². The van der Waals surface area contributed by atoms with E-state index in [1.807, 2.05) is 0 Å². The molecule has 0 saturated carbocycles. The van der Waals surface area contributed by atoms with Crippen LogP contribution >= 0.6 is 11.1 Å². The van der Waals surface area contributed by atoms with Gasteiger partial charge in [-0.15, -0.1) is 11.1 Å². The highest BCUT2D eigenvalue weighted by Gasteiger charge is 2.45. The van der Waals surface area contributed by atoms with Gasteiger partial charge in [0, 0.05) is 0 Å². The predicted molar refractivity (Wildman–Crippen MR) is 234 cm³/mol. The molecule has 0 saturated heterocycles. The van der Waals surface area contributed by atoms with E-state index in [4.69, 9.17) is 11.1 Å². The fourth-order valence-electron chi connectivity index (χ4n) is 8.24. The van der Waals surface area contributed by atoms with Gasteiger partial charge in [-0.2, -0.15) is 0 Å². The monoisotopic (exact) mass is 732 g/mol. The lowest BCUT2D eigenvalue weighted by molar-refractivity contribution is 0.585. The summed E-state index contributed by atoms with van der Waals surface area (Å²) in [7, 11) is -3.33. The van der Waals surface area contributed by atoms with E-state index in [-0.39, 0.29) is 16.2 Å². The van der Waals surface area contributed by atoms with Crippen molar-refractivity contribution in [1.82, 2.24) is 0 Å². The maximum atomic E-state index is 9.03. The molecule has 0 aromatic heterocycles. The fraction of sp³-hybridized carbons (Fsp3) is 0.294. The first kappa shape index (κ1) is 38.5. The van der Waals surface area contributed by atoms with Crippen molar-refractivity contribution in [3.63, 3.8) is 0 Å². The molecule has 6 rings (SSSR count). The molecule has 0 aliphatic heterocycles. The summed E-state index contributed by atoms with van der Waals surface area (Å²) >= 11 is 9.03. The van der Waals surface area contributed by atoms with Gasteiger partial charge in [0.1, 0.15) is 0 Å². The van der Waals surface area contributed by atoms with Crippen LogP contribution in [-0.4, -0.2) is 7.38 Å². The molecule has 0 bridgehead atoms. The lowest BCUT2D eigenvalue weighted by Crippen LogP contribution is -2.66. The normalized spacial score (nSPS) is 12.6. The Morgan fingerprint density at radius 1 is 0.340 bits per heavy atom. The van der Waals surface area contributed by atoms with Crippen molar-refractivity contribution < 1.29 is 0 Å². The predicted octanol–water partition coefficient (Wildman–Crippen LogP) is 11.6. The molecule has 0 radical (unpaired) electrons. The van der Waals surface area contributed by atoms with Gasteiger partial charge in [-0.05, 0) is 101 Å². The fourth-order valence-corrected chi connectivity index (χ4v) is 13.6. The summed E-state index contributed by atoms with van der Waals surface area (Å²) < 4.78 is 0. The Morgan fingerprint density at radius 3 is 0.811 bits per heavy atom. The van der Waals surface area contributed by atoms with Gasteiger partial charge < -0.3 is 0 Å². The highest BCUT2D eigenvalue weighted by Crippen LogP contribution is 2.34. The maximum Gasteiger partial charge on any atom is 0.248 e. The summed E-state index contributed by atoms with van der Waals surface area (Å²) in [5.74, 6) is 0. The Labute approximate surface area is 326 Å². The summed E-state index contributed by atoms with van der Waals surface area (Å²) in [6, 6.07) is 54.0. The molecule has 0 amide bonds. The number of halogens is 1. The molecule has 0 fully saturated rings. The summed E-state index contributed by atoms with van der Waals surface area (Å²) in [5.41, 5.74) is 11.9. The highest BCUT2D eigenvalue weighted by atomic mass is 35.6. The van der Waals surface area contributed by atoms with Gasteiger partial charge in [-0.25, -0.2) is 0 Å². The third-order valence-electron chi connectivity index (χ3n) is 10.7. The van der Waals surface area contributed by atoms with Crippen molar-refractivity contribution in [2.45, 2.75) is 97.8 Å². The smallest absolute Gasteiger partial charge is 0.149 e. The molecule has 272 valence electrons. The molecular formula is C51H57ClSi. The van der Waals surface area contributed by atoms with Gasteiger partial charge in [-0.1, -0.05) is 208 Å². The van der Waals surface area contributed by atoms with Crippen molar-refractivity contribution >= 4 is 34.0 Å². The third kappa shape index (κ3) is 8.33. The first-order valence-corrected chi connectivity index (χ1v) is 22.3. The van der Waals surface area contributed by atoms with E-state index in [0.29, 0.717) is 0 Å². The quantitative estimate of drug-likeness (QED) is 0.0789. The zero-order valence-electron chi connectivity index (χ0n) is 33.4. The molecule has 0 atom stereocenters. The molecule has 0 nitrogen and oxygen atoms in total. The lowest BCUT2D eigenvalue weighted by atomic mass is 9.82. The Kier molecular flexibility index (Phi) is 11.1. The van der Waals surface area contributed by atoms with Crippen molar-refractivity contribution in [2.75, 3.05) is 0 Å². The maximum absolute atomic E-state index is 9.03. The number of hydrogen-bond donors (Lipinski definition) is 0. The largest absolute Gasteiger partial charge is 0.248 e. The van der Waals surface area contributed by atoms with E-state index in [2.05, 4.69) is 208 Å². The number of hydrogen-bond acceptors (Lipinski definition) is 0. The summed E-state index contributed by atoms with van der Waals surface area (Å²) in [4.78, 5) is 0. The standard InChI is InChI=1S/C51H57ClSi/c1-49(2,3)43-28-19-31-46(40(43)34-37-22-13-10-14-23-37)53(52,47-32-20-29-44(50(4,5)6)41(47)35-38-24-15-11-16-25-38)48-33-21-30-45(51(7,8)9)42(48)36-39-26-17-12-18-27-39/h10-33H,34-36H2,1-9H3. The first-order chi connectivity index (χ1) is 25.1. The third-order valence-corrected chi connectivity index (χ3v) is 16.2. The SMILES string of the molecule is CC(C)(C)c1cccc([Si](Cl)(c2cccc(C(C)(C)C)c2Cc2ccccc2)c2cccc(C(C)(C)C)c2Cc2ccccc2)c1Cc1ccccc1. The van der Waals surface area contributed by atoms with Crippen LogP contribution in [0.1, 0.15) is 112 Å². The van der Waals surface area contributed by atoms with E-state index < -0.39 is 7.38 Å². The topological polar surface area (TPSA) is 0 Å². The average Bonchev–Trinajstić information content (AvgIpc) is 3.11. The van der Waals surface area contributed by atoms with Crippen LogP contribution in [0.15, 0.2) is 146 Å². The van der Waals surface area contributed by atoms with Gasteiger partial charge in [0.25, 0.3) is 0 Å². The minimum atomic E-state index is -3.33. The van der Waals surface area contributed by atoms with Gasteiger partial charge in [0.05, 0.1) is 0 Å². The van der Waals surface area contributed by atoms with E-state index >= 15 is 0 Å². The van der Waals surface area contributed by atoms with Crippen molar-refractivity contribution in [1.29, 1.82) is 0 Å². The van der Waals surface area contributed by atoms with Gasteiger partial charge >= 0.3 is 0 Å². The zero-order chi connectivity index (χ0) is 38.0. The Balaban J connectivity index is 1.79. The van der Waals surface area contributed by atoms with E-state index in [1.54, 1.807) is 0 Å². The zero-order valence-corrected chi connectivity index (χ0v) is 35.1. The first-order valence-electron chi connectivity index (χ1n) is 19.3. The molecule has 0 unspecified atom stereocenters. The van der Waals surface area contributed by atoms with E-state index in [1.165, 1.54) is 65.6 Å². The molecule has 6 aromatic rings. The molecule has 0 heterocycles. The Bertz CT molecular complexity index is 1900. The van der Waals surface area contributed by atoms with Crippen LogP contribution in [0.25, 0.3) is 0 Å². The minimum absolute atomic E-state index is 0.0768. The van der Waals surface area contributed by atoms with Gasteiger partial charge in [0.2, 0.25) is 7.38 Å². The van der Waals surface area contributed by atoms with Crippen molar-refractivity contribution in [3.8, 4) is 0 Å². The average molecular weight is 734 g/mol. The van der Waals surface area contributed by atoms with E-state index in [9.17, 15) is 0 Å².